The van der Waals surface area contributed by atoms with Gasteiger partial charge in [0.05, 0.1) is 10.7 Å². The van der Waals surface area contributed by atoms with Crippen molar-refractivity contribution in [2.24, 2.45) is 11.8 Å². The first-order valence-electron chi connectivity index (χ1n) is 10.6. The fraction of sp³-hybridized carbons (Fsp3) is 0.857. The Morgan fingerprint density at radius 1 is 1.00 bits per heavy atom. The molecule has 1 aromatic rings. The van der Waals surface area contributed by atoms with Crippen LogP contribution in [0.2, 0.25) is 0 Å². The molecule has 4 rings (SSSR count). The average molecular weight is 383 g/mol. The Balaban J connectivity index is 1.21. The molecule has 26 heavy (non-hydrogen) atoms. The number of hydrogen-bond donors (Lipinski definition) is 0. The summed E-state index contributed by atoms with van der Waals surface area (Å²) < 4.78 is 25.9. The van der Waals surface area contributed by atoms with Gasteiger partial charge in [-0.2, -0.15) is 0 Å². The van der Waals surface area contributed by atoms with E-state index in [4.69, 9.17) is 4.98 Å². The number of rotatable bonds is 6. The quantitative estimate of drug-likeness (QED) is 0.646. The number of nitrogens with zero attached hydrogens (tertiary/aromatic N) is 2. The maximum absolute atomic E-state index is 12.9. The van der Waals surface area contributed by atoms with E-state index in [9.17, 15) is 8.78 Å². The van der Waals surface area contributed by atoms with E-state index in [1.165, 1.54) is 60.6 Å². The minimum absolute atomic E-state index is 0.0913. The van der Waals surface area contributed by atoms with E-state index >= 15 is 0 Å². The number of alkyl halides is 2. The molecule has 0 radical (unpaired) electrons. The van der Waals surface area contributed by atoms with E-state index in [-0.39, 0.29) is 18.8 Å². The van der Waals surface area contributed by atoms with Crippen LogP contribution in [-0.4, -0.2) is 35.4 Å². The highest BCUT2D eigenvalue weighted by molar-refractivity contribution is 7.11. The summed E-state index contributed by atoms with van der Waals surface area (Å²) in [5.74, 6) is -1.21. The lowest BCUT2D eigenvalue weighted by Gasteiger charge is -2.34. The molecular formula is C21H32F2N2S. The standard InChI is InChI=1S/C21H32F2N2S/c22-21(23)14-17(15-21)6-7-20-24-18-9-12-25(13-10-19(18)26-20)11-8-16-4-2-1-3-5-16/h16-17H,1-15H2. The zero-order valence-electron chi connectivity index (χ0n) is 15.8. The molecule has 0 spiro atoms. The van der Waals surface area contributed by atoms with Crippen molar-refractivity contribution < 1.29 is 8.78 Å². The first-order chi connectivity index (χ1) is 12.6. The third kappa shape index (κ3) is 4.83. The summed E-state index contributed by atoms with van der Waals surface area (Å²) in [6, 6.07) is 0. The van der Waals surface area contributed by atoms with Gasteiger partial charge in [-0.05, 0) is 44.1 Å². The second-order valence-corrected chi connectivity index (χ2v) is 9.95. The number of thiazole rings is 1. The van der Waals surface area contributed by atoms with Crippen molar-refractivity contribution in [1.29, 1.82) is 0 Å². The molecule has 1 aromatic heterocycles. The first-order valence-corrected chi connectivity index (χ1v) is 11.5. The van der Waals surface area contributed by atoms with Crippen molar-refractivity contribution in [2.75, 3.05) is 19.6 Å². The highest BCUT2D eigenvalue weighted by atomic mass is 32.1. The molecule has 0 amide bonds. The molecule has 1 aliphatic heterocycles. The van der Waals surface area contributed by atoms with Crippen LogP contribution in [0.5, 0.6) is 0 Å². The minimum Gasteiger partial charge on any atom is -0.303 e. The Morgan fingerprint density at radius 3 is 2.54 bits per heavy atom. The summed E-state index contributed by atoms with van der Waals surface area (Å²) in [7, 11) is 0. The average Bonchev–Trinajstić information content (AvgIpc) is 2.91. The summed E-state index contributed by atoms with van der Waals surface area (Å²) in [6.07, 6.45) is 12.7. The van der Waals surface area contributed by atoms with Gasteiger partial charge in [-0.3, -0.25) is 0 Å². The molecule has 3 aliphatic rings. The fourth-order valence-electron chi connectivity index (χ4n) is 4.95. The Labute approximate surface area is 160 Å². The van der Waals surface area contributed by atoms with Crippen LogP contribution < -0.4 is 0 Å². The van der Waals surface area contributed by atoms with Crippen LogP contribution in [0, 0.1) is 11.8 Å². The zero-order valence-corrected chi connectivity index (χ0v) is 16.6. The Hall–Kier alpha value is -0.550. The van der Waals surface area contributed by atoms with E-state index in [0.717, 1.165) is 44.7 Å². The van der Waals surface area contributed by atoms with Gasteiger partial charge in [0, 0.05) is 37.2 Å². The highest BCUT2D eigenvalue weighted by Crippen LogP contribution is 2.44. The summed E-state index contributed by atoms with van der Waals surface area (Å²) >= 11 is 1.85. The molecule has 2 aliphatic carbocycles. The van der Waals surface area contributed by atoms with Crippen LogP contribution in [0.25, 0.3) is 0 Å². The molecule has 5 heteroatoms. The lowest BCUT2D eigenvalue weighted by molar-refractivity contribution is -0.111. The fourth-order valence-corrected chi connectivity index (χ4v) is 6.07. The van der Waals surface area contributed by atoms with Crippen molar-refractivity contribution >= 4 is 11.3 Å². The van der Waals surface area contributed by atoms with Crippen LogP contribution in [-0.2, 0) is 19.3 Å². The molecule has 0 bridgehead atoms. The predicted molar refractivity (Wildman–Crippen MR) is 103 cm³/mol. The smallest absolute Gasteiger partial charge is 0.248 e. The van der Waals surface area contributed by atoms with Crippen LogP contribution in [0.4, 0.5) is 8.78 Å². The maximum atomic E-state index is 12.9. The lowest BCUT2D eigenvalue weighted by Crippen LogP contribution is -2.35. The number of halogens is 2. The predicted octanol–water partition coefficient (Wildman–Crippen LogP) is 5.49. The molecular weight excluding hydrogens is 350 g/mol. The van der Waals surface area contributed by atoms with Crippen molar-refractivity contribution in [3.8, 4) is 0 Å². The van der Waals surface area contributed by atoms with Gasteiger partial charge >= 0.3 is 0 Å². The van der Waals surface area contributed by atoms with Crippen molar-refractivity contribution in [3.63, 3.8) is 0 Å². The van der Waals surface area contributed by atoms with Crippen LogP contribution in [0.1, 0.15) is 73.4 Å². The molecule has 0 atom stereocenters. The Kier molecular flexibility index (Phi) is 5.94. The number of aromatic nitrogens is 1. The van der Waals surface area contributed by atoms with Gasteiger partial charge in [-0.25, -0.2) is 13.8 Å². The topological polar surface area (TPSA) is 16.1 Å². The molecule has 0 N–H and O–H groups in total. The second kappa shape index (κ2) is 8.22. The first kappa shape index (κ1) is 18.8. The zero-order chi connectivity index (χ0) is 18.0. The lowest BCUT2D eigenvalue weighted by atomic mass is 9.78. The van der Waals surface area contributed by atoms with E-state index < -0.39 is 5.92 Å². The number of fused-ring (bicyclic) bond motifs is 1. The molecule has 0 unspecified atom stereocenters. The largest absolute Gasteiger partial charge is 0.303 e. The minimum atomic E-state index is -2.38. The maximum Gasteiger partial charge on any atom is 0.248 e. The van der Waals surface area contributed by atoms with Crippen molar-refractivity contribution in [3.05, 3.63) is 15.6 Å². The molecule has 2 fully saturated rings. The summed E-state index contributed by atoms with van der Waals surface area (Å²) in [5, 5.41) is 1.18. The van der Waals surface area contributed by atoms with Gasteiger partial charge in [-0.1, -0.05) is 32.1 Å². The normalized spacial score (nSPS) is 24.8. The van der Waals surface area contributed by atoms with Gasteiger partial charge < -0.3 is 4.90 Å². The van der Waals surface area contributed by atoms with Gasteiger partial charge in [0.2, 0.25) is 5.92 Å². The van der Waals surface area contributed by atoms with Gasteiger partial charge in [-0.15, -0.1) is 11.3 Å². The highest BCUT2D eigenvalue weighted by Gasteiger charge is 2.44. The molecule has 2 saturated carbocycles. The SMILES string of the molecule is FC1(F)CC(CCc2nc3c(s2)CCN(CCC2CCCCC2)CC3)C1. The van der Waals surface area contributed by atoms with Crippen LogP contribution in [0.15, 0.2) is 0 Å². The van der Waals surface area contributed by atoms with E-state index in [1.54, 1.807) is 0 Å². The van der Waals surface area contributed by atoms with E-state index in [0.29, 0.717) is 0 Å². The number of hydrogen-bond acceptors (Lipinski definition) is 3. The summed E-state index contributed by atoms with van der Waals surface area (Å²) in [5.41, 5.74) is 1.30. The molecule has 2 nitrogen and oxygen atoms in total. The third-order valence-electron chi connectivity index (χ3n) is 6.66. The van der Waals surface area contributed by atoms with E-state index in [1.807, 2.05) is 11.3 Å². The van der Waals surface area contributed by atoms with Crippen LogP contribution >= 0.6 is 11.3 Å². The second-order valence-electron chi connectivity index (χ2n) is 8.78. The Morgan fingerprint density at radius 2 is 1.77 bits per heavy atom. The third-order valence-corrected chi connectivity index (χ3v) is 7.88. The molecule has 146 valence electrons. The van der Waals surface area contributed by atoms with Crippen molar-refractivity contribution in [1.82, 2.24) is 9.88 Å². The Bertz CT molecular complexity index is 561. The van der Waals surface area contributed by atoms with Gasteiger partial charge in [0.25, 0.3) is 0 Å². The van der Waals surface area contributed by atoms with Crippen molar-refractivity contribution in [2.45, 2.75) is 83.0 Å². The number of aryl methyl sites for hydroxylation is 1. The monoisotopic (exact) mass is 382 g/mol. The molecule has 0 aromatic carbocycles. The van der Waals surface area contributed by atoms with Gasteiger partial charge in [0.15, 0.2) is 0 Å². The van der Waals surface area contributed by atoms with Gasteiger partial charge in [0.1, 0.15) is 0 Å². The summed E-state index contributed by atoms with van der Waals surface area (Å²) in [4.78, 5) is 8.96. The molecule has 2 heterocycles. The summed E-state index contributed by atoms with van der Waals surface area (Å²) in [6.45, 7) is 3.55. The van der Waals surface area contributed by atoms with Crippen LogP contribution in [0.3, 0.4) is 0 Å². The van der Waals surface area contributed by atoms with E-state index in [2.05, 4.69) is 4.90 Å². The molecule has 0 saturated heterocycles.